The highest BCUT2D eigenvalue weighted by Gasteiger charge is 2.12. The molecule has 0 unspecified atom stereocenters. The number of halogens is 1. The topological polar surface area (TPSA) is 0 Å². The Hall–Kier alpha value is -0.210. The molecule has 1 aromatic rings. The van der Waals surface area contributed by atoms with Gasteiger partial charge in [0.25, 0.3) is 0 Å². The van der Waals surface area contributed by atoms with E-state index in [1.165, 1.54) is 20.5 Å². The largest absolute Gasteiger partial charge is 0.129 e. The van der Waals surface area contributed by atoms with Crippen molar-refractivity contribution in [2.45, 2.75) is 6.42 Å². The number of hydrogen-bond donors (Lipinski definition) is 0. The molecule has 0 radical (unpaired) electrons. The molecular weight excluding hydrogens is 232 g/mol. The lowest BCUT2D eigenvalue weighted by molar-refractivity contribution is 1.31. The molecule has 0 heterocycles. The molecular formula is C10H9BrS. The minimum Gasteiger partial charge on any atom is -0.129 e. The highest BCUT2D eigenvalue weighted by atomic mass is 79.9. The van der Waals surface area contributed by atoms with Crippen molar-refractivity contribution in [3.05, 3.63) is 39.9 Å². The summed E-state index contributed by atoms with van der Waals surface area (Å²) in [6.45, 7) is 0. The molecule has 0 aromatic heterocycles. The van der Waals surface area contributed by atoms with Gasteiger partial charge in [-0.3, -0.25) is 0 Å². The van der Waals surface area contributed by atoms with Crippen molar-refractivity contribution >= 4 is 32.6 Å². The zero-order chi connectivity index (χ0) is 8.55. The Morgan fingerprint density at radius 3 is 3.00 bits per heavy atom. The van der Waals surface area contributed by atoms with Crippen molar-refractivity contribution in [2.24, 2.45) is 0 Å². The molecule has 2 rings (SSSR count). The van der Waals surface area contributed by atoms with Gasteiger partial charge in [0.1, 0.15) is 0 Å². The normalized spacial score (nSPS) is 14.3. The van der Waals surface area contributed by atoms with Gasteiger partial charge in [0.2, 0.25) is 0 Å². The third kappa shape index (κ3) is 1.34. The number of thioether (sulfide) groups is 1. The Morgan fingerprint density at radius 1 is 1.42 bits per heavy atom. The minimum absolute atomic E-state index is 1.10. The van der Waals surface area contributed by atoms with E-state index in [9.17, 15) is 0 Å². The van der Waals surface area contributed by atoms with E-state index in [0.29, 0.717) is 0 Å². The Morgan fingerprint density at radius 2 is 2.25 bits per heavy atom. The number of allylic oxidation sites excluding steroid dienone is 1. The molecule has 1 aliphatic rings. The molecule has 0 N–H and O–H groups in total. The average Bonchev–Trinajstić information content (AvgIpc) is 2.46. The third-order valence-electron chi connectivity index (χ3n) is 2.06. The van der Waals surface area contributed by atoms with E-state index in [4.69, 9.17) is 0 Å². The highest BCUT2D eigenvalue weighted by Crippen LogP contribution is 2.35. The minimum atomic E-state index is 1.10. The van der Waals surface area contributed by atoms with Crippen LogP contribution in [0.3, 0.4) is 0 Å². The average molecular weight is 241 g/mol. The van der Waals surface area contributed by atoms with E-state index in [2.05, 4.69) is 46.5 Å². The number of fused-ring (bicyclic) bond motifs is 1. The van der Waals surface area contributed by atoms with Crippen LogP contribution >= 0.6 is 27.7 Å². The summed E-state index contributed by atoms with van der Waals surface area (Å²) in [6.07, 6.45) is 5.52. The monoisotopic (exact) mass is 240 g/mol. The van der Waals surface area contributed by atoms with Gasteiger partial charge in [-0.15, -0.1) is 11.8 Å². The molecule has 0 aliphatic heterocycles. The molecule has 0 fully saturated rings. The van der Waals surface area contributed by atoms with Crippen molar-refractivity contribution in [2.75, 3.05) is 6.26 Å². The van der Waals surface area contributed by atoms with Crippen LogP contribution in [0.2, 0.25) is 0 Å². The second kappa shape index (κ2) is 3.27. The van der Waals surface area contributed by atoms with Crippen LogP contribution in [0.15, 0.2) is 28.7 Å². The standard InChI is InChI=1S/C10H9BrS/c1-12-10-5-3-7-2-4-8(11)6-9(7)10/h2,4-6H,3H2,1H3. The quantitative estimate of drug-likeness (QED) is 0.722. The molecule has 0 nitrogen and oxygen atoms in total. The van der Waals surface area contributed by atoms with Gasteiger partial charge in [-0.1, -0.05) is 28.1 Å². The Balaban J connectivity index is 2.50. The summed E-state index contributed by atoms with van der Waals surface area (Å²) in [6, 6.07) is 6.50. The van der Waals surface area contributed by atoms with E-state index in [-0.39, 0.29) is 0 Å². The van der Waals surface area contributed by atoms with E-state index in [0.717, 1.165) is 6.42 Å². The van der Waals surface area contributed by atoms with Gasteiger partial charge in [-0.05, 0) is 35.9 Å². The molecule has 1 aliphatic carbocycles. The first-order valence-electron chi connectivity index (χ1n) is 3.84. The van der Waals surface area contributed by atoms with Gasteiger partial charge in [-0.2, -0.15) is 0 Å². The summed E-state index contributed by atoms with van der Waals surface area (Å²) in [5.74, 6) is 0. The summed E-state index contributed by atoms with van der Waals surface area (Å²) < 4.78 is 1.17. The summed E-state index contributed by atoms with van der Waals surface area (Å²) in [4.78, 5) is 1.41. The van der Waals surface area contributed by atoms with Crippen molar-refractivity contribution < 1.29 is 0 Å². The van der Waals surface area contributed by atoms with Crippen molar-refractivity contribution in [3.8, 4) is 0 Å². The molecule has 0 spiro atoms. The second-order valence-electron chi connectivity index (χ2n) is 2.78. The first-order chi connectivity index (χ1) is 5.81. The molecule has 2 heteroatoms. The van der Waals surface area contributed by atoms with Crippen molar-refractivity contribution in [1.82, 2.24) is 0 Å². The van der Waals surface area contributed by atoms with Crippen LogP contribution in [0.25, 0.3) is 4.91 Å². The molecule has 62 valence electrons. The van der Waals surface area contributed by atoms with Gasteiger partial charge in [-0.25, -0.2) is 0 Å². The van der Waals surface area contributed by atoms with E-state index < -0.39 is 0 Å². The summed E-state index contributed by atoms with van der Waals surface area (Å²) in [7, 11) is 0. The fourth-order valence-corrected chi connectivity index (χ4v) is 2.48. The van der Waals surface area contributed by atoms with Crippen molar-refractivity contribution in [3.63, 3.8) is 0 Å². The predicted molar refractivity (Wildman–Crippen MR) is 59.3 cm³/mol. The van der Waals surface area contributed by atoms with Gasteiger partial charge < -0.3 is 0 Å². The number of hydrogen-bond acceptors (Lipinski definition) is 1. The summed E-state index contributed by atoms with van der Waals surface area (Å²) in [5, 5.41) is 0. The first kappa shape index (κ1) is 8.39. The second-order valence-corrected chi connectivity index (χ2v) is 4.54. The summed E-state index contributed by atoms with van der Waals surface area (Å²) >= 11 is 5.31. The lowest BCUT2D eigenvalue weighted by atomic mass is 10.1. The number of benzene rings is 1. The molecule has 1 aromatic carbocycles. The maximum Gasteiger partial charge on any atom is 0.0181 e. The molecule has 0 atom stereocenters. The maximum absolute atomic E-state index is 3.49. The van der Waals surface area contributed by atoms with Crippen LogP contribution in [0.1, 0.15) is 11.1 Å². The van der Waals surface area contributed by atoms with Crippen LogP contribution in [0.5, 0.6) is 0 Å². The van der Waals surface area contributed by atoms with Crippen LogP contribution in [0, 0.1) is 0 Å². The van der Waals surface area contributed by atoms with E-state index >= 15 is 0 Å². The lowest BCUT2D eigenvalue weighted by Crippen LogP contribution is -1.81. The van der Waals surface area contributed by atoms with Gasteiger partial charge in [0, 0.05) is 9.38 Å². The summed E-state index contributed by atoms with van der Waals surface area (Å²) in [5.41, 5.74) is 2.85. The van der Waals surface area contributed by atoms with Crippen LogP contribution < -0.4 is 0 Å². The van der Waals surface area contributed by atoms with Crippen LogP contribution in [0.4, 0.5) is 0 Å². The molecule has 12 heavy (non-hydrogen) atoms. The highest BCUT2D eigenvalue weighted by molar-refractivity contribution is 9.10. The Kier molecular flexibility index (Phi) is 2.28. The smallest absolute Gasteiger partial charge is 0.0181 e. The molecule has 0 saturated carbocycles. The maximum atomic E-state index is 3.49. The fourth-order valence-electron chi connectivity index (χ4n) is 1.46. The number of rotatable bonds is 1. The first-order valence-corrected chi connectivity index (χ1v) is 5.86. The third-order valence-corrected chi connectivity index (χ3v) is 3.38. The van der Waals surface area contributed by atoms with E-state index in [1.807, 2.05) is 11.8 Å². The van der Waals surface area contributed by atoms with Crippen LogP contribution in [-0.2, 0) is 6.42 Å². The van der Waals surface area contributed by atoms with E-state index in [1.54, 1.807) is 0 Å². The lowest BCUT2D eigenvalue weighted by Gasteiger charge is -2.02. The predicted octanol–water partition coefficient (Wildman–Crippen LogP) is 3.71. The van der Waals surface area contributed by atoms with Crippen molar-refractivity contribution in [1.29, 1.82) is 0 Å². The molecule has 0 saturated heterocycles. The Labute approximate surface area is 85.2 Å². The zero-order valence-corrected chi connectivity index (χ0v) is 9.21. The fraction of sp³-hybridized carbons (Fsp3) is 0.200. The molecule has 0 bridgehead atoms. The van der Waals surface area contributed by atoms with Gasteiger partial charge in [0.05, 0.1) is 0 Å². The Bertz CT molecular complexity index is 342. The van der Waals surface area contributed by atoms with Crippen LogP contribution in [-0.4, -0.2) is 6.26 Å². The zero-order valence-electron chi connectivity index (χ0n) is 6.80. The molecule has 0 amide bonds. The SMILES string of the molecule is CSC1=CCc2ccc(Br)cc21. The van der Waals surface area contributed by atoms with Gasteiger partial charge in [0.15, 0.2) is 0 Å². The van der Waals surface area contributed by atoms with Gasteiger partial charge >= 0.3 is 0 Å².